The van der Waals surface area contributed by atoms with Gasteiger partial charge in [-0.15, -0.1) is 0 Å². The van der Waals surface area contributed by atoms with E-state index in [-0.39, 0.29) is 35.7 Å². The van der Waals surface area contributed by atoms with Crippen molar-refractivity contribution in [3.63, 3.8) is 0 Å². The second-order valence-electron chi connectivity index (χ2n) is 8.54. The van der Waals surface area contributed by atoms with Crippen LogP contribution in [0.4, 0.5) is 0 Å². The highest BCUT2D eigenvalue weighted by Gasteiger charge is 2.23. The van der Waals surface area contributed by atoms with Gasteiger partial charge in [0.15, 0.2) is 0 Å². The van der Waals surface area contributed by atoms with Crippen molar-refractivity contribution >= 4 is 21.8 Å². The zero-order valence-corrected chi connectivity index (χ0v) is 21.0. The van der Waals surface area contributed by atoms with E-state index in [0.29, 0.717) is 5.56 Å². The van der Waals surface area contributed by atoms with E-state index in [1.54, 1.807) is 55.6 Å². The lowest BCUT2D eigenvalue weighted by atomic mass is 10.0. The molecular weight excluding hydrogens is 462 g/mol. The van der Waals surface area contributed by atoms with Crippen LogP contribution in [0.15, 0.2) is 89.8 Å². The Kier molecular flexibility index (Phi) is 8.78. The molecule has 0 aliphatic rings. The molecule has 7 nitrogen and oxygen atoms in total. The number of benzene rings is 3. The Hall–Kier alpha value is -3.49. The first-order chi connectivity index (χ1) is 16.7. The van der Waals surface area contributed by atoms with Gasteiger partial charge < -0.3 is 10.6 Å². The van der Waals surface area contributed by atoms with E-state index >= 15 is 0 Å². The van der Waals surface area contributed by atoms with Gasteiger partial charge in [0.1, 0.15) is 0 Å². The Bertz CT molecular complexity index is 1230. The number of nitrogens with one attached hydrogen (secondary N) is 2. The third-order valence-electron chi connectivity index (χ3n) is 5.75. The van der Waals surface area contributed by atoms with Crippen molar-refractivity contribution in [1.29, 1.82) is 0 Å². The molecule has 0 aliphatic heterocycles. The zero-order valence-electron chi connectivity index (χ0n) is 20.1. The molecule has 2 N–H and O–H groups in total. The fraction of sp³-hybridized carbons (Fsp3) is 0.259. The summed E-state index contributed by atoms with van der Waals surface area (Å²) < 4.78 is 26.6. The van der Waals surface area contributed by atoms with Crippen LogP contribution in [-0.4, -0.2) is 37.6 Å². The third kappa shape index (κ3) is 7.00. The van der Waals surface area contributed by atoms with Gasteiger partial charge in [0.05, 0.1) is 17.4 Å². The molecule has 0 aliphatic carbocycles. The van der Waals surface area contributed by atoms with Gasteiger partial charge in [0, 0.05) is 25.2 Å². The van der Waals surface area contributed by atoms with Crippen LogP contribution < -0.4 is 10.6 Å². The molecule has 0 saturated carbocycles. The third-order valence-corrected chi connectivity index (χ3v) is 7.80. The second kappa shape index (κ2) is 11.8. The summed E-state index contributed by atoms with van der Waals surface area (Å²) >= 11 is 0. The lowest BCUT2D eigenvalue weighted by Crippen LogP contribution is -2.33. The molecule has 0 fully saturated rings. The predicted molar refractivity (Wildman–Crippen MR) is 136 cm³/mol. The highest BCUT2D eigenvalue weighted by atomic mass is 32.2. The Morgan fingerprint density at radius 2 is 1.43 bits per heavy atom. The smallest absolute Gasteiger partial charge is 0.251 e. The van der Waals surface area contributed by atoms with E-state index < -0.39 is 16.1 Å². The average Bonchev–Trinajstić information content (AvgIpc) is 2.87. The first kappa shape index (κ1) is 26.1. The van der Waals surface area contributed by atoms with Gasteiger partial charge >= 0.3 is 0 Å². The lowest BCUT2D eigenvalue weighted by molar-refractivity contribution is -0.121. The van der Waals surface area contributed by atoms with Crippen molar-refractivity contribution in [2.45, 2.75) is 43.8 Å². The maximum absolute atomic E-state index is 12.7. The minimum Gasteiger partial charge on any atom is -0.352 e. The summed E-state index contributed by atoms with van der Waals surface area (Å²) in [5, 5.41) is 5.81. The van der Waals surface area contributed by atoms with E-state index in [9.17, 15) is 18.0 Å². The van der Waals surface area contributed by atoms with E-state index in [4.69, 9.17) is 0 Å². The van der Waals surface area contributed by atoms with E-state index in [1.807, 2.05) is 50.2 Å². The number of carbonyl (C=O) groups is 2. The van der Waals surface area contributed by atoms with Gasteiger partial charge in [-0.3, -0.25) is 9.59 Å². The topological polar surface area (TPSA) is 95.6 Å². The summed E-state index contributed by atoms with van der Waals surface area (Å²) in [6, 6.07) is 24.0. The lowest BCUT2D eigenvalue weighted by Gasteiger charge is -2.21. The minimum atomic E-state index is -3.56. The van der Waals surface area contributed by atoms with Gasteiger partial charge in [0.2, 0.25) is 15.9 Å². The molecule has 0 heterocycles. The summed E-state index contributed by atoms with van der Waals surface area (Å²) in [7, 11) is -2.01. The first-order valence-electron chi connectivity index (χ1n) is 11.4. The van der Waals surface area contributed by atoms with Crippen molar-refractivity contribution in [1.82, 2.24) is 14.9 Å². The molecule has 3 aromatic rings. The molecular formula is C27H31N3O4S. The number of amides is 2. The zero-order chi connectivity index (χ0) is 25.4. The molecule has 35 heavy (non-hydrogen) atoms. The highest BCUT2D eigenvalue weighted by molar-refractivity contribution is 7.89. The van der Waals surface area contributed by atoms with Crippen LogP contribution in [0.5, 0.6) is 0 Å². The van der Waals surface area contributed by atoms with Crippen LogP contribution in [0.2, 0.25) is 0 Å². The number of rotatable bonds is 10. The number of hydrogen-bond donors (Lipinski definition) is 2. The fourth-order valence-electron chi connectivity index (χ4n) is 3.45. The van der Waals surface area contributed by atoms with E-state index in [0.717, 1.165) is 11.1 Å². The van der Waals surface area contributed by atoms with Gasteiger partial charge in [0.25, 0.3) is 5.91 Å². The molecule has 0 aromatic heterocycles. The molecule has 1 atom stereocenters. The Morgan fingerprint density at radius 3 is 2.00 bits per heavy atom. The summed E-state index contributed by atoms with van der Waals surface area (Å²) in [4.78, 5) is 25.6. The second-order valence-corrected chi connectivity index (χ2v) is 10.5. The van der Waals surface area contributed by atoms with Gasteiger partial charge in [-0.25, -0.2) is 8.42 Å². The van der Waals surface area contributed by atoms with E-state index in [2.05, 4.69) is 10.6 Å². The summed E-state index contributed by atoms with van der Waals surface area (Å²) in [5.74, 6) is -0.487. The van der Waals surface area contributed by atoms with Gasteiger partial charge in [-0.1, -0.05) is 60.7 Å². The van der Waals surface area contributed by atoms with Crippen molar-refractivity contribution < 1.29 is 18.0 Å². The van der Waals surface area contributed by atoms with Crippen LogP contribution in [0.1, 0.15) is 47.8 Å². The SMILES string of the molecule is CC(C)N(C)S(=O)(=O)c1ccc(CNC(=O)C[C@H](NC(=O)c2ccccc2)c2ccccc2)cc1. The Morgan fingerprint density at radius 1 is 0.857 bits per heavy atom. The molecule has 184 valence electrons. The maximum Gasteiger partial charge on any atom is 0.251 e. The quantitative estimate of drug-likeness (QED) is 0.448. The van der Waals surface area contributed by atoms with Crippen LogP contribution in [0, 0.1) is 0 Å². The highest BCUT2D eigenvalue weighted by Crippen LogP contribution is 2.19. The van der Waals surface area contributed by atoms with Crippen LogP contribution in [-0.2, 0) is 21.4 Å². The largest absolute Gasteiger partial charge is 0.352 e. The Labute approximate surface area is 207 Å². The fourth-order valence-corrected chi connectivity index (χ4v) is 4.82. The maximum atomic E-state index is 12.7. The molecule has 0 spiro atoms. The van der Waals surface area contributed by atoms with Crippen molar-refractivity contribution in [3.8, 4) is 0 Å². The van der Waals surface area contributed by atoms with Crippen LogP contribution in [0.25, 0.3) is 0 Å². The minimum absolute atomic E-state index is 0.0637. The number of nitrogens with zero attached hydrogens (tertiary/aromatic N) is 1. The van der Waals surface area contributed by atoms with Crippen LogP contribution in [0.3, 0.4) is 0 Å². The van der Waals surface area contributed by atoms with Crippen molar-refractivity contribution in [3.05, 3.63) is 102 Å². The van der Waals surface area contributed by atoms with Gasteiger partial charge in [-0.05, 0) is 49.2 Å². The first-order valence-corrected chi connectivity index (χ1v) is 12.9. The predicted octanol–water partition coefficient (Wildman–Crippen LogP) is 3.89. The summed E-state index contributed by atoms with van der Waals surface area (Å²) in [5.41, 5.74) is 2.12. The molecule has 3 aromatic carbocycles. The standard InChI is InChI=1S/C27H31N3O4S/c1-20(2)30(3)35(33,34)24-16-14-21(15-17-24)19-28-26(31)18-25(22-10-6-4-7-11-22)29-27(32)23-12-8-5-9-13-23/h4-17,20,25H,18-19H2,1-3H3,(H,28,31)(H,29,32)/t25-/m0/s1. The average molecular weight is 494 g/mol. The Balaban J connectivity index is 1.64. The summed E-state index contributed by atoms with van der Waals surface area (Å²) in [6.45, 7) is 3.87. The van der Waals surface area contributed by atoms with Crippen molar-refractivity contribution in [2.24, 2.45) is 0 Å². The monoisotopic (exact) mass is 493 g/mol. The molecule has 3 rings (SSSR count). The molecule has 0 unspecified atom stereocenters. The molecule has 8 heteroatoms. The molecule has 0 saturated heterocycles. The van der Waals surface area contributed by atoms with Gasteiger partial charge in [-0.2, -0.15) is 4.31 Å². The number of hydrogen-bond acceptors (Lipinski definition) is 4. The summed E-state index contributed by atoms with van der Waals surface area (Å²) in [6.07, 6.45) is 0.0637. The molecule has 0 radical (unpaired) electrons. The molecule has 0 bridgehead atoms. The normalized spacial score (nSPS) is 12.4. The van der Waals surface area contributed by atoms with Crippen molar-refractivity contribution in [2.75, 3.05) is 7.05 Å². The van der Waals surface area contributed by atoms with E-state index in [1.165, 1.54) is 4.31 Å². The van der Waals surface area contributed by atoms with Crippen LogP contribution >= 0.6 is 0 Å². The number of carbonyl (C=O) groups excluding carboxylic acids is 2. The molecule has 2 amide bonds. The number of sulfonamides is 1.